The normalized spacial score (nSPS) is 21.9. The van der Waals surface area contributed by atoms with E-state index in [1.165, 1.54) is 23.1 Å². The first-order valence-electron chi connectivity index (χ1n) is 8.42. The molecule has 0 bridgehead atoms. The van der Waals surface area contributed by atoms with E-state index in [1.807, 2.05) is 18.2 Å². The summed E-state index contributed by atoms with van der Waals surface area (Å²) in [6.45, 7) is 1.92. The van der Waals surface area contributed by atoms with E-state index in [4.69, 9.17) is 16.3 Å². The maximum absolute atomic E-state index is 11.8. The largest absolute Gasteiger partial charge is 0.469 e. The van der Waals surface area contributed by atoms with E-state index in [0.29, 0.717) is 0 Å². The molecule has 0 saturated carbocycles. The van der Waals surface area contributed by atoms with Crippen LogP contribution in [0.2, 0.25) is 5.02 Å². The van der Waals surface area contributed by atoms with Gasteiger partial charge in [0.15, 0.2) is 0 Å². The average Bonchev–Trinajstić information content (AvgIpc) is 2.64. The van der Waals surface area contributed by atoms with Gasteiger partial charge in [0, 0.05) is 29.0 Å². The van der Waals surface area contributed by atoms with Gasteiger partial charge in [0.1, 0.15) is 6.04 Å². The first-order valence-corrected chi connectivity index (χ1v) is 8.79. The summed E-state index contributed by atoms with van der Waals surface area (Å²) in [5.41, 5.74) is 2.56. The number of piperidine rings is 1. The Hall–Kier alpha value is -1.84. The van der Waals surface area contributed by atoms with Gasteiger partial charge in [-0.2, -0.15) is 0 Å². The SMILES string of the molecule is COC(=O)C1CC[NH+]([C@H](c2ccccc2)c2ccc(Cl)cc2)CC1. The molecule has 126 valence electrons. The van der Waals surface area contributed by atoms with Gasteiger partial charge in [-0.25, -0.2) is 0 Å². The van der Waals surface area contributed by atoms with Crippen molar-refractivity contribution in [3.8, 4) is 0 Å². The Morgan fingerprint density at radius 2 is 1.62 bits per heavy atom. The molecular formula is C20H23ClNO2+. The smallest absolute Gasteiger partial charge is 0.309 e. The van der Waals surface area contributed by atoms with Crippen molar-refractivity contribution in [3.63, 3.8) is 0 Å². The molecule has 1 N–H and O–H groups in total. The van der Waals surface area contributed by atoms with Gasteiger partial charge in [-0.3, -0.25) is 4.79 Å². The van der Waals surface area contributed by atoms with Crippen LogP contribution in [0.4, 0.5) is 0 Å². The lowest BCUT2D eigenvalue weighted by Crippen LogP contribution is -3.13. The van der Waals surface area contributed by atoms with Crippen molar-refractivity contribution in [2.45, 2.75) is 18.9 Å². The molecule has 0 radical (unpaired) electrons. The summed E-state index contributed by atoms with van der Waals surface area (Å²) in [4.78, 5) is 13.3. The van der Waals surface area contributed by atoms with Crippen LogP contribution in [0, 0.1) is 5.92 Å². The number of likely N-dealkylation sites (tertiary alicyclic amines) is 1. The molecule has 1 atom stereocenters. The molecule has 0 aliphatic carbocycles. The Labute approximate surface area is 148 Å². The fourth-order valence-corrected chi connectivity index (χ4v) is 3.77. The van der Waals surface area contributed by atoms with Crippen molar-refractivity contribution in [2.75, 3.05) is 20.2 Å². The van der Waals surface area contributed by atoms with Crippen molar-refractivity contribution < 1.29 is 14.4 Å². The Kier molecular flexibility index (Phi) is 5.54. The van der Waals surface area contributed by atoms with Crippen LogP contribution in [-0.2, 0) is 9.53 Å². The summed E-state index contributed by atoms with van der Waals surface area (Å²) in [6.07, 6.45) is 1.75. The van der Waals surface area contributed by atoms with E-state index in [2.05, 4.69) is 36.4 Å². The van der Waals surface area contributed by atoms with Crippen LogP contribution in [-0.4, -0.2) is 26.2 Å². The number of hydrogen-bond acceptors (Lipinski definition) is 2. The Bertz CT molecular complexity index is 664. The van der Waals surface area contributed by atoms with Crippen LogP contribution in [0.5, 0.6) is 0 Å². The summed E-state index contributed by atoms with van der Waals surface area (Å²) in [7, 11) is 1.47. The van der Waals surface area contributed by atoms with E-state index in [9.17, 15) is 4.79 Å². The number of nitrogens with one attached hydrogen (secondary N) is 1. The van der Waals surface area contributed by atoms with Crippen LogP contribution in [0.25, 0.3) is 0 Å². The van der Waals surface area contributed by atoms with Crippen LogP contribution >= 0.6 is 11.6 Å². The second-order valence-corrected chi connectivity index (χ2v) is 6.79. The summed E-state index contributed by atoms with van der Waals surface area (Å²) in [6, 6.07) is 19.0. The molecule has 0 amide bonds. The van der Waals surface area contributed by atoms with Crippen LogP contribution < -0.4 is 4.90 Å². The number of benzene rings is 2. The van der Waals surface area contributed by atoms with Crippen molar-refractivity contribution in [3.05, 3.63) is 70.7 Å². The first kappa shape index (κ1) is 17.0. The second kappa shape index (κ2) is 7.82. The number of rotatable bonds is 4. The van der Waals surface area contributed by atoms with Gasteiger partial charge in [0.25, 0.3) is 0 Å². The lowest BCUT2D eigenvalue weighted by Gasteiger charge is -2.34. The fraction of sp³-hybridized carbons (Fsp3) is 0.350. The zero-order valence-electron chi connectivity index (χ0n) is 13.9. The number of halogens is 1. The standard InChI is InChI=1S/C20H22ClNO2/c1-24-20(23)17-11-13-22(14-12-17)19(15-5-3-2-4-6-15)16-7-9-18(21)10-8-16/h2-10,17,19H,11-14H2,1H3/p+1/t19-/m1/s1. The third kappa shape index (κ3) is 3.80. The Balaban J connectivity index is 1.84. The van der Waals surface area contributed by atoms with Crippen LogP contribution in [0.15, 0.2) is 54.6 Å². The molecule has 2 aromatic carbocycles. The van der Waals surface area contributed by atoms with Gasteiger partial charge in [-0.15, -0.1) is 0 Å². The predicted octanol–water partition coefficient (Wildman–Crippen LogP) is 2.90. The van der Waals surface area contributed by atoms with Gasteiger partial charge in [0.05, 0.1) is 26.1 Å². The molecule has 3 nitrogen and oxygen atoms in total. The van der Waals surface area contributed by atoms with Gasteiger partial charge < -0.3 is 9.64 Å². The van der Waals surface area contributed by atoms with Crippen LogP contribution in [0.3, 0.4) is 0 Å². The first-order chi connectivity index (χ1) is 11.7. The molecule has 1 aliphatic rings. The quantitative estimate of drug-likeness (QED) is 0.865. The summed E-state index contributed by atoms with van der Waals surface area (Å²) < 4.78 is 4.90. The molecular weight excluding hydrogens is 322 g/mol. The molecule has 4 heteroatoms. The molecule has 24 heavy (non-hydrogen) atoms. The Morgan fingerprint density at radius 3 is 2.21 bits per heavy atom. The summed E-state index contributed by atoms with van der Waals surface area (Å²) >= 11 is 6.06. The number of carbonyl (C=O) groups excluding carboxylic acids is 1. The number of esters is 1. The van der Waals surface area contributed by atoms with Gasteiger partial charge in [-0.05, 0) is 12.1 Å². The minimum atomic E-state index is -0.0724. The number of methoxy groups -OCH3 is 1. The average molecular weight is 345 g/mol. The molecule has 0 aromatic heterocycles. The lowest BCUT2D eigenvalue weighted by molar-refractivity contribution is -0.931. The van der Waals surface area contributed by atoms with E-state index in [0.717, 1.165) is 31.0 Å². The van der Waals surface area contributed by atoms with E-state index < -0.39 is 0 Å². The van der Waals surface area contributed by atoms with Crippen molar-refractivity contribution >= 4 is 17.6 Å². The molecule has 1 fully saturated rings. The van der Waals surface area contributed by atoms with Gasteiger partial charge in [0.2, 0.25) is 0 Å². The predicted molar refractivity (Wildman–Crippen MR) is 95.2 cm³/mol. The molecule has 1 saturated heterocycles. The number of quaternary nitrogens is 1. The number of ether oxygens (including phenoxy) is 1. The lowest BCUT2D eigenvalue weighted by atomic mass is 9.91. The second-order valence-electron chi connectivity index (χ2n) is 6.35. The summed E-state index contributed by atoms with van der Waals surface area (Å²) in [5, 5.41) is 0.755. The van der Waals surface area contributed by atoms with Gasteiger partial charge in [-0.1, -0.05) is 54.1 Å². The zero-order chi connectivity index (χ0) is 16.9. The minimum Gasteiger partial charge on any atom is -0.469 e. The van der Waals surface area contributed by atoms with E-state index >= 15 is 0 Å². The highest BCUT2D eigenvalue weighted by atomic mass is 35.5. The number of carbonyl (C=O) groups is 1. The highest BCUT2D eigenvalue weighted by Gasteiger charge is 2.33. The van der Waals surface area contributed by atoms with Crippen molar-refractivity contribution in [1.82, 2.24) is 0 Å². The van der Waals surface area contributed by atoms with Gasteiger partial charge >= 0.3 is 5.97 Å². The minimum absolute atomic E-state index is 0.0420. The molecule has 0 spiro atoms. The van der Waals surface area contributed by atoms with E-state index in [-0.39, 0.29) is 17.9 Å². The highest BCUT2D eigenvalue weighted by molar-refractivity contribution is 6.30. The summed E-state index contributed by atoms with van der Waals surface area (Å²) in [5.74, 6) is -0.0304. The van der Waals surface area contributed by atoms with Crippen molar-refractivity contribution in [1.29, 1.82) is 0 Å². The molecule has 1 heterocycles. The highest BCUT2D eigenvalue weighted by Crippen LogP contribution is 2.23. The maximum Gasteiger partial charge on any atom is 0.309 e. The number of hydrogen-bond donors (Lipinski definition) is 1. The Morgan fingerprint density at radius 1 is 1.04 bits per heavy atom. The van der Waals surface area contributed by atoms with E-state index in [1.54, 1.807) is 0 Å². The fourth-order valence-electron chi connectivity index (χ4n) is 3.64. The van der Waals surface area contributed by atoms with Crippen LogP contribution in [0.1, 0.15) is 30.0 Å². The topological polar surface area (TPSA) is 30.7 Å². The zero-order valence-corrected chi connectivity index (χ0v) is 14.6. The van der Waals surface area contributed by atoms with Crippen molar-refractivity contribution in [2.24, 2.45) is 5.92 Å². The third-order valence-corrected chi connectivity index (χ3v) is 5.16. The third-order valence-electron chi connectivity index (χ3n) is 4.91. The monoisotopic (exact) mass is 344 g/mol. The molecule has 2 aromatic rings. The molecule has 3 rings (SSSR count). The maximum atomic E-state index is 11.8. The molecule has 0 unspecified atom stereocenters. The molecule has 1 aliphatic heterocycles.